The third-order valence-corrected chi connectivity index (χ3v) is 8.29. The van der Waals surface area contributed by atoms with Crippen LogP contribution >= 0.6 is 0 Å². The van der Waals surface area contributed by atoms with Gasteiger partial charge in [0.05, 0.1) is 24.2 Å². The summed E-state index contributed by atoms with van der Waals surface area (Å²) in [6.07, 6.45) is 3.17. The number of pyridine rings is 1. The number of carbonyl (C=O) groups excluding carboxylic acids is 3. The van der Waals surface area contributed by atoms with Gasteiger partial charge in [0.25, 0.3) is 11.8 Å². The molecule has 0 unspecified atom stereocenters. The molecule has 9 nitrogen and oxygen atoms in total. The first-order valence-electron chi connectivity index (χ1n) is 14.8. The van der Waals surface area contributed by atoms with E-state index in [0.29, 0.717) is 37.8 Å². The number of furan rings is 1. The Morgan fingerprint density at radius 1 is 0.744 bits per heavy atom. The lowest BCUT2D eigenvalue weighted by molar-refractivity contribution is -0.131. The highest BCUT2D eigenvalue weighted by molar-refractivity contribution is 5.96. The molecule has 3 amide bonds. The molecule has 43 heavy (non-hydrogen) atoms. The Hall–Kier alpha value is -4.76. The van der Waals surface area contributed by atoms with Crippen LogP contribution in [0.25, 0.3) is 22.5 Å². The molecule has 2 aromatic carbocycles. The molecule has 0 bridgehead atoms. The summed E-state index contributed by atoms with van der Waals surface area (Å²) in [4.78, 5) is 49.6. The molecule has 0 spiro atoms. The number of hydrogen-bond acceptors (Lipinski definition) is 6. The van der Waals surface area contributed by atoms with E-state index >= 15 is 0 Å². The van der Waals surface area contributed by atoms with E-state index in [1.54, 1.807) is 12.1 Å². The van der Waals surface area contributed by atoms with Crippen LogP contribution in [0.15, 0.2) is 95.6 Å². The number of amides is 3. The lowest BCUT2D eigenvalue weighted by Crippen LogP contribution is -2.55. The fraction of sp³-hybridized carbons (Fsp3) is 0.294. The van der Waals surface area contributed by atoms with Crippen molar-refractivity contribution in [3.8, 4) is 22.5 Å². The van der Waals surface area contributed by atoms with Crippen molar-refractivity contribution in [1.29, 1.82) is 0 Å². The van der Waals surface area contributed by atoms with Crippen LogP contribution in [0.2, 0.25) is 0 Å². The number of benzene rings is 2. The van der Waals surface area contributed by atoms with Crippen LogP contribution in [0, 0.1) is 0 Å². The molecule has 0 aliphatic carbocycles. The number of nitrogens with zero attached hydrogens (tertiary/aromatic N) is 4. The molecular weight excluding hydrogens is 542 g/mol. The molecular formula is C34H35N5O4. The molecule has 4 aromatic rings. The maximum atomic E-state index is 13.8. The Labute approximate surface area is 251 Å². The fourth-order valence-corrected chi connectivity index (χ4v) is 5.88. The number of hydrogen-bond donors (Lipinski definition) is 1. The first-order chi connectivity index (χ1) is 21.0. The van der Waals surface area contributed by atoms with E-state index in [1.807, 2.05) is 82.6 Å². The minimum Gasteiger partial charge on any atom is -0.459 e. The fourth-order valence-electron chi connectivity index (χ4n) is 5.88. The molecule has 2 aliphatic rings. The number of carbonyl (C=O) groups is 3. The number of nitrogens with one attached hydrogen (secondary N) is 1. The van der Waals surface area contributed by atoms with Gasteiger partial charge in [-0.15, -0.1) is 0 Å². The molecule has 0 atom stereocenters. The second-order valence-electron chi connectivity index (χ2n) is 11.0. The lowest BCUT2D eigenvalue weighted by Gasteiger charge is -2.42. The van der Waals surface area contributed by atoms with Crippen LogP contribution in [-0.2, 0) is 4.79 Å². The van der Waals surface area contributed by atoms with Crippen molar-refractivity contribution in [2.24, 2.45) is 0 Å². The summed E-state index contributed by atoms with van der Waals surface area (Å²) in [5.74, 6) is -0.259. The maximum absolute atomic E-state index is 13.8. The van der Waals surface area contributed by atoms with Gasteiger partial charge in [0.15, 0.2) is 5.76 Å². The monoisotopic (exact) mass is 577 g/mol. The van der Waals surface area contributed by atoms with E-state index in [0.717, 1.165) is 48.4 Å². The van der Waals surface area contributed by atoms with E-state index in [4.69, 9.17) is 9.40 Å². The Bertz CT molecular complexity index is 1480. The van der Waals surface area contributed by atoms with Gasteiger partial charge in [-0.05, 0) is 37.1 Å². The summed E-state index contributed by atoms with van der Waals surface area (Å²) in [5, 5.41) is 2.64. The van der Waals surface area contributed by atoms with Crippen LogP contribution in [0.5, 0.6) is 0 Å². The predicted octanol–water partition coefficient (Wildman–Crippen LogP) is 4.19. The highest BCUT2D eigenvalue weighted by Crippen LogP contribution is 2.26. The van der Waals surface area contributed by atoms with Gasteiger partial charge >= 0.3 is 0 Å². The van der Waals surface area contributed by atoms with E-state index in [1.165, 1.54) is 6.26 Å². The van der Waals surface area contributed by atoms with Gasteiger partial charge in [-0.2, -0.15) is 0 Å². The highest BCUT2D eigenvalue weighted by Gasteiger charge is 2.31. The average molecular weight is 578 g/mol. The zero-order valence-electron chi connectivity index (χ0n) is 24.0. The smallest absolute Gasteiger partial charge is 0.287 e. The van der Waals surface area contributed by atoms with Crippen LogP contribution in [0.3, 0.4) is 0 Å². The maximum Gasteiger partial charge on any atom is 0.287 e. The Balaban J connectivity index is 1.04. The highest BCUT2D eigenvalue weighted by atomic mass is 16.3. The summed E-state index contributed by atoms with van der Waals surface area (Å²) >= 11 is 0. The van der Waals surface area contributed by atoms with Crippen LogP contribution in [0.1, 0.15) is 33.8 Å². The molecule has 2 aromatic heterocycles. The predicted molar refractivity (Wildman–Crippen MR) is 163 cm³/mol. The van der Waals surface area contributed by atoms with Crippen LogP contribution in [-0.4, -0.2) is 89.3 Å². The van der Waals surface area contributed by atoms with Gasteiger partial charge in [0.1, 0.15) is 0 Å². The molecule has 9 heteroatoms. The van der Waals surface area contributed by atoms with Gasteiger partial charge in [-0.1, -0.05) is 60.7 Å². The normalized spacial score (nSPS) is 16.2. The summed E-state index contributed by atoms with van der Waals surface area (Å²) < 4.78 is 5.08. The van der Waals surface area contributed by atoms with Gasteiger partial charge in [0, 0.05) is 62.0 Å². The Morgan fingerprint density at radius 2 is 1.35 bits per heavy atom. The van der Waals surface area contributed by atoms with Crippen LogP contribution in [0.4, 0.5) is 0 Å². The summed E-state index contributed by atoms with van der Waals surface area (Å²) in [6.45, 7) is 4.16. The largest absolute Gasteiger partial charge is 0.459 e. The lowest BCUT2D eigenvalue weighted by atomic mass is 10.0. The zero-order valence-corrected chi connectivity index (χ0v) is 24.0. The third-order valence-electron chi connectivity index (χ3n) is 8.29. The Morgan fingerprint density at radius 3 is 1.91 bits per heavy atom. The van der Waals surface area contributed by atoms with Crippen molar-refractivity contribution in [2.75, 3.05) is 45.8 Å². The molecule has 2 aliphatic heterocycles. The molecule has 2 saturated heterocycles. The van der Waals surface area contributed by atoms with Crippen molar-refractivity contribution in [2.45, 2.75) is 18.9 Å². The minimum absolute atomic E-state index is 0.0217. The van der Waals surface area contributed by atoms with Gasteiger partial charge in [-0.25, -0.2) is 4.98 Å². The van der Waals surface area contributed by atoms with E-state index in [9.17, 15) is 14.4 Å². The number of rotatable bonds is 7. The zero-order chi connectivity index (χ0) is 29.6. The molecule has 0 saturated carbocycles. The van der Waals surface area contributed by atoms with E-state index in [2.05, 4.69) is 10.2 Å². The topological polar surface area (TPSA) is 99.0 Å². The summed E-state index contributed by atoms with van der Waals surface area (Å²) in [6, 6.07) is 27.3. The molecule has 1 N–H and O–H groups in total. The van der Waals surface area contributed by atoms with Crippen molar-refractivity contribution >= 4 is 17.7 Å². The molecule has 0 radical (unpaired) electrons. The van der Waals surface area contributed by atoms with E-state index < -0.39 is 0 Å². The first kappa shape index (κ1) is 28.4. The van der Waals surface area contributed by atoms with Crippen molar-refractivity contribution < 1.29 is 18.8 Å². The number of piperidine rings is 1. The third kappa shape index (κ3) is 6.67. The average Bonchev–Trinajstić information content (AvgIpc) is 3.63. The molecule has 4 heterocycles. The minimum atomic E-state index is -0.389. The molecule has 220 valence electrons. The summed E-state index contributed by atoms with van der Waals surface area (Å²) in [5.41, 5.74) is 4.16. The van der Waals surface area contributed by atoms with Crippen molar-refractivity contribution in [1.82, 2.24) is 25.0 Å². The molecule has 2 fully saturated rings. The second kappa shape index (κ2) is 13.0. The number of likely N-dealkylation sites (tertiary alicyclic amines) is 1. The summed E-state index contributed by atoms with van der Waals surface area (Å²) in [7, 11) is 0. The second-order valence-corrected chi connectivity index (χ2v) is 11.0. The van der Waals surface area contributed by atoms with Gasteiger partial charge in [0.2, 0.25) is 5.91 Å². The number of aromatic nitrogens is 1. The Kier molecular flexibility index (Phi) is 8.60. The van der Waals surface area contributed by atoms with Gasteiger partial charge in [-0.3, -0.25) is 19.3 Å². The van der Waals surface area contributed by atoms with Crippen molar-refractivity contribution in [3.05, 3.63) is 103 Å². The standard InChI is InChI=1S/C34H35N5O4/c40-32(24-35-33(41)31-12-7-21-43-31)38-15-13-28(14-16-38)37-17-19-39(20-18-37)34(42)27-22-29(25-8-3-1-4-9-25)36-30(23-27)26-10-5-2-6-11-26/h1-12,21-23,28H,13-20,24H2,(H,35,41). The first-order valence-corrected chi connectivity index (χ1v) is 14.8. The molecule has 6 rings (SSSR count). The van der Waals surface area contributed by atoms with Gasteiger partial charge < -0.3 is 19.5 Å². The SMILES string of the molecule is O=C(NCC(=O)N1CCC(N2CCN(C(=O)c3cc(-c4ccccc4)nc(-c4ccccc4)c3)CC2)CC1)c1ccco1. The van der Waals surface area contributed by atoms with E-state index in [-0.39, 0.29) is 30.0 Å². The van der Waals surface area contributed by atoms with Crippen molar-refractivity contribution in [3.63, 3.8) is 0 Å². The van der Waals surface area contributed by atoms with Crippen LogP contribution < -0.4 is 5.32 Å². The number of piperazine rings is 1. The quantitative estimate of drug-likeness (QED) is 0.354.